The number of benzene rings is 2. The zero-order valence-electron chi connectivity index (χ0n) is 12.4. The van der Waals surface area contributed by atoms with Gasteiger partial charge in [-0.05, 0) is 30.7 Å². The minimum Gasteiger partial charge on any atom is -0.482 e. The summed E-state index contributed by atoms with van der Waals surface area (Å²) in [4.78, 5) is 11.0. The molecule has 0 saturated heterocycles. The Bertz CT molecular complexity index is 947. The summed E-state index contributed by atoms with van der Waals surface area (Å²) in [6, 6.07) is 6.48. The monoisotopic (exact) mass is 370 g/mol. The van der Waals surface area contributed by atoms with Gasteiger partial charge >= 0.3 is 0 Å². The lowest BCUT2D eigenvalue weighted by Gasteiger charge is -2.19. The van der Waals surface area contributed by atoms with E-state index in [1.807, 2.05) is 0 Å². The van der Waals surface area contributed by atoms with Gasteiger partial charge in [-0.2, -0.15) is 0 Å². The minimum atomic E-state index is -4.06. The van der Waals surface area contributed by atoms with Gasteiger partial charge in [0, 0.05) is 6.07 Å². The second kappa shape index (κ2) is 5.95. The van der Waals surface area contributed by atoms with Gasteiger partial charge in [0.15, 0.2) is 6.61 Å². The van der Waals surface area contributed by atoms with Crippen LogP contribution >= 0.6 is 11.6 Å². The van der Waals surface area contributed by atoms with Crippen LogP contribution in [0, 0.1) is 12.7 Å². The van der Waals surface area contributed by atoms with Crippen molar-refractivity contribution >= 4 is 38.9 Å². The summed E-state index contributed by atoms with van der Waals surface area (Å²) in [6.07, 6.45) is 0. The first kappa shape index (κ1) is 16.5. The Morgan fingerprint density at radius 1 is 1.29 bits per heavy atom. The van der Waals surface area contributed by atoms with Crippen molar-refractivity contribution in [3.05, 3.63) is 46.7 Å². The molecule has 0 radical (unpaired) electrons. The van der Waals surface area contributed by atoms with Crippen molar-refractivity contribution < 1.29 is 22.3 Å². The topological polar surface area (TPSA) is 84.5 Å². The largest absolute Gasteiger partial charge is 0.482 e. The molecule has 0 bridgehead atoms. The lowest BCUT2D eigenvalue weighted by Crippen LogP contribution is -2.25. The summed E-state index contributed by atoms with van der Waals surface area (Å²) < 4.78 is 46.0. The second-order valence-electron chi connectivity index (χ2n) is 5.19. The maximum Gasteiger partial charge on any atom is 0.263 e. The molecule has 1 aliphatic heterocycles. The first-order valence-electron chi connectivity index (χ1n) is 6.81. The van der Waals surface area contributed by atoms with E-state index in [2.05, 4.69) is 10.0 Å². The van der Waals surface area contributed by atoms with Gasteiger partial charge in [0.25, 0.3) is 15.9 Å². The highest BCUT2D eigenvalue weighted by atomic mass is 35.5. The van der Waals surface area contributed by atoms with Gasteiger partial charge in [-0.3, -0.25) is 9.52 Å². The van der Waals surface area contributed by atoms with Gasteiger partial charge in [-0.1, -0.05) is 17.7 Å². The summed E-state index contributed by atoms with van der Waals surface area (Å²) in [7, 11) is -4.06. The van der Waals surface area contributed by atoms with Crippen LogP contribution in [0.2, 0.25) is 5.02 Å². The predicted octanol–water partition coefficient (Wildman–Crippen LogP) is 2.92. The third-order valence-electron chi connectivity index (χ3n) is 3.38. The summed E-state index contributed by atoms with van der Waals surface area (Å²) in [6.45, 7) is 1.35. The molecular formula is C15H12ClFN2O4S. The number of carbonyl (C=O) groups excluding carboxylic acids is 1. The number of fused-ring (bicyclic) bond motifs is 1. The molecule has 0 fully saturated rings. The van der Waals surface area contributed by atoms with Crippen LogP contribution < -0.4 is 14.8 Å². The molecule has 3 rings (SSSR count). The standard InChI is InChI=1S/C15H12ClFN2O4S/c1-8-2-3-9(4-11(8)17)19-24(21,22)14-6-13-12(5-10(14)16)18-15(20)7-23-13/h2-6,19H,7H2,1H3,(H,18,20). The fourth-order valence-corrected chi connectivity index (χ4v) is 3.75. The molecule has 126 valence electrons. The van der Waals surface area contributed by atoms with E-state index in [4.69, 9.17) is 16.3 Å². The maximum atomic E-state index is 13.6. The number of halogens is 2. The smallest absolute Gasteiger partial charge is 0.263 e. The van der Waals surface area contributed by atoms with Crippen molar-refractivity contribution in [3.8, 4) is 5.75 Å². The molecule has 0 unspecified atom stereocenters. The van der Waals surface area contributed by atoms with Crippen LogP contribution in [-0.2, 0) is 14.8 Å². The number of sulfonamides is 1. The zero-order chi connectivity index (χ0) is 17.5. The molecule has 2 N–H and O–H groups in total. The highest BCUT2D eigenvalue weighted by Crippen LogP contribution is 2.36. The lowest BCUT2D eigenvalue weighted by atomic mass is 10.2. The molecule has 1 amide bonds. The number of ether oxygens (including phenoxy) is 1. The average Bonchev–Trinajstić information content (AvgIpc) is 2.49. The van der Waals surface area contributed by atoms with E-state index in [-0.39, 0.29) is 39.6 Å². The van der Waals surface area contributed by atoms with Crippen LogP contribution in [0.15, 0.2) is 35.2 Å². The third kappa shape index (κ3) is 3.15. The van der Waals surface area contributed by atoms with Gasteiger partial charge in [-0.25, -0.2) is 12.8 Å². The lowest BCUT2D eigenvalue weighted by molar-refractivity contribution is -0.118. The molecule has 0 saturated carbocycles. The van der Waals surface area contributed by atoms with Crippen LogP contribution in [-0.4, -0.2) is 20.9 Å². The van der Waals surface area contributed by atoms with Gasteiger partial charge < -0.3 is 10.1 Å². The molecule has 1 heterocycles. The number of aryl methyl sites for hydroxylation is 1. The Balaban J connectivity index is 1.97. The Kier molecular flexibility index (Phi) is 4.10. The van der Waals surface area contributed by atoms with Crippen LogP contribution in [0.25, 0.3) is 0 Å². The summed E-state index contributed by atoms with van der Waals surface area (Å²) in [5, 5.41) is 2.43. The van der Waals surface area contributed by atoms with Gasteiger partial charge in [0.2, 0.25) is 0 Å². The van der Waals surface area contributed by atoms with Gasteiger partial charge in [0.05, 0.1) is 16.4 Å². The van der Waals surface area contributed by atoms with E-state index in [0.717, 1.165) is 6.07 Å². The van der Waals surface area contributed by atoms with E-state index in [0.29, 0.717) is 5.56 Å². The zero-order valence-corrected chi connectivity index (χ0v) is 14.0. The van der Waals surface area contributed by atoms with Crippen LogP contribution in [0.1, 0.15) is 5.56 Å². The highest BCUT2D eigenvalue weighted by Gasteiger charge is 2.24. The average molecular weight is 371 g/mol. The van der Waals surface area contributed by atoms with Crippen LogP contribution in [0.3, 0.4) is 0 Å². The fraction of sp³-hybridized carbons (Fsp3) is 0.133. The van der Waals surface area contributed by atoms with Gasteiger partial charge in [-0.15, -0.1) is 0 Å². The molecule has 2 aromatic rings. The number of carbonyl (C=O) groups is 1. The molecule has 0 spiro atoms. The number of hydrogen-bond acceptors (Lipinski definition) is 4. The fourth-order valence-electron chi connectivity index (χ4n) is 2.15. The SMILES string of the molecule is Cc1ccc(NS(=O)(=O)c2cc3c(cc2Cl)NC(=O)CO3)cc1F. The van der Waals surface area contributed by atoms with Crippen molar-refractivity contribution in [3.63, 3.8) is 0 Å². The predicted molar refractivity (Wildman–Crippen MR) is 87.5 cm³/mol. The van der Waals surface area contributed by atoms with Crippen LogP contribution in [0.4, 0.5) is 15.8 Å². The Labute approximate surface area is 142 Å². The second-order valence-corrected chi connectivity index (χ2v) is 7.24. The summed E-state index contributed by atoms with van der Waals surface area (Å²) in [5.74, 6) is -0.699. The number of anilines is 2. The molecule has 1 aliphatic rings. The Morgan fingerprint density at radius 3 is 2.75 bits per heavy atom. The molecule has 0 aromatic heterocycles. The van der Waals surface area contributed by atoms with Crippen molar-refractivity contribution in [2.45, 2.75) is 11.8 Å². The molecule has 0 atom stereocenters. The number of amides is 1. The minimum absolute atomic E-state index is 0.0705. The van der Waals surface area contributed by atoms with Crippen molar-refractivity contribution in [1.82, 2.24) is 0 Å². The van der Waals surface area contributed by atoms with Crippen molar-refractivity contribution in [2.75, 3.05) is 16.6 Å². The molecule has 6 nitrogen and oxygen atoms in total. The van der Waals surface area contributed by atoms with Gasteiger partial charge in [0.1, 0.15) is 16.5 Å². The van der Waals surface area contributed by atoms with E-state index < -0.39 is 15.8 Å². The first-order valence-corrected chi connectivity index (χ1v) is 8.67. The molecule has 9 heteroatoms. The number of hydrogen-bond donors (Lipinski definition) is 2. The number of nitrogens with one attached hydrogen (secondary N) is 2. The Morgan fingerprint density at radius 2 is 2.04 bits per heavy atom. The van der Waals surface area contributed by atoms with E-state index >= 15 is 0 Å². The summed E-state index contributed by atoms with van der Waals surface area (Å²) >= 11 is 6.02. The molecule has 24 heavy (non-hydrogen) atoms. The number of rotatable bonds is 3. The van der Waals surface area contributed by atoms with Crippen molar-refractivity contribution in [2.24, 2.45) is 0 Å². The van der Waals surface area contributed by atoms with Crippen LogP contribution in [0.5, 0.6) is 5.75 Å². The van der Waals surface area contributed by atoms with E-state index in [1.54, 1.807) is 6.92 Å². The highest BCUT2D eigenvalue weighted by molar-refractivity contribution is 7.92. The normalized spacial score (nSPS) is 13.7. The van der Waals surface area contributed by atoms with Crippen molar-refractivity contribution in [1.29, 1.82) is 0 Å². The quantitative estimate of drug-likeness (QED) is 0.870. The molecule has 2 aromatic carbocycles. The first-order chi connectivity index (χ1) is 11.3. The van der Waals surface area contributed by atoms with E-state index in [1.165, 1.54) is 24.3 Å². The molecule has 0 aliphatic carbocycles. The summed E-state index contributed by atoms with van der Waals surface area (Å²) in [5.41, 5.74) is 0.756. The third-order valence-corrected chi connectivity index (χ3v) is 5.23. The Hall–Kier alpha value is -2.32. The maximum absolute atomic E-state index is 13.6. The van der Waals surface area contributed by atoms with E-state index in [9.17, 15) is 17.6 Å². The molecular weight excluding hydrogens is 359 g/mol.